The Balaban J connectivity index is 1.50. The largest absolute Gasteiger partial charge is 0.408 e. The number of nitrogens with zero attached hydrogens (tertiary/aromatic N) is 5. The van der Waals surface area contributed by atoms with Crippen LogP contribution in [0.3, 0.4) is 0 Å². The number of pyridine rings is 2. The van der Waals surface area contributed by atoms with Crippen LogP contribution < -0.4 is 20.0 Å². The lowest BCUT2D eigenvalue weighted by Gasteiger charge is -2.37. The van der Waals surface area contributed by atoms with Crippen molar-refractivity contribution in [1.29, 1.82) is 0 Å². The van der Waals surface area contributed by atoms with Crippen LogP contribution in [0.4, 0.5) is 41.1 Å². The molecule has 0 radical (unpaired) electrons. The second-order valence-corrected chi connectivity index (χ2v) is 7.81. The number of carbonyl (C=O) groups is 1. The van der Waals surface area contributed by atoms with Crippen LogP contribution in [0.2, 0.25) is 0 Å². The van der Waals surface area contributed by atoms with Gasteiger partial charge < -0.3 is 9.80 Å². The zero-order valence-electron chi connectivity index (χ0n) is 16.1. The van der Waals surface area contributed by atoms with E-state index in [4.69, 9.17) is 0 Å². The Bertz CT molecular complexity index is 953. The number of carbonyl (C=O) groups excluding carboxylic acids is 1. The average molecular weight is 418 g/mol. The lowest BCUT2D eigenvalue weighted by atomic mass is 10.2. The number of urea groups is 1. The first-order chi connectivity index (χ1) is 14.4. The van der Waals surface area contributed by atoms with Crippen LogP contribution in [0, 0.1) is 0 Å². The van der Waals surface area contributed by atoms with Crippen molar-refractivity contribution < 1.29 is 18.0 Å². The summed E-state index contributed by atoms with van der Waals surface area (Å²) in [6.07, 6.45) is -1.44. The number of aromatic nitrogens is 2. The molecular weight excluding hydrogens is 397 g/mol. The Morgan fingerprint density at radius 1 is 1.13 bits per heavy atom. The summed E-state index contributed by atoms with van der Waals surface area (Å²) in [5, 5.41) is 2.78. The molecule has 158 valence electrons. The highest BCUT2D eigenvalue weighted by Gasteiger charge is 2.47. The molecule has 1 N–H and O–H groups in total. The summed E-state index contributed by atoms with van der Waals surface area (Å²) in [4.78, 5) is 26.8. The molecule has 2 fully saturated rings. The maximum absolute atomic E-state index is 13.5. The molecule has 2 aromatic rings. The monoisotopic (exact) mass is 418 g/mol. The molecule has 0 spiro atoms. The number of rotatable bonds is 2. The molecule has 2 atom stereocenters. The Hall–Kier alpha value is -3.04. The Morgan fingerprint density at radius 2 is 2.00 bits per heavy atom. The van der Waals surface area contributed by atoms with Crippen LogP contribution in [-0.2, 0) is 0 Å². The van der Waals surface area contributed by atoms with Crippen molar-refractivity contribution in [3.63, 3.8) is 0 Å². The summed E-state index contributed by atoms with van der Waals surface area (Å²) in [6, 6.07) is 6.63. The van der Waals surface area contributed by atoms with Crippen LogP contribution in [0.25, 0.3) is 0 Å². The first-order valence-electron chi connectivity index (χ1n) is 10.0. The minimum Gasteiger partial charge on any atom is -0.366 e. The van der Waals surface area contributed by atoms with Crippen molar-refractivity contribution >= 4 is 29.2 Å². The van der Waals surface area contributed by atoms with Gasteiger partial charge in [0.1, 0.15) is 17.7 Å². The summed E-state index contributed by atoms with van der Waals surface area (Å²) < 4.78 is 40.4. The topological polar surface area (TPSA) is 64.6 Å². The van der Waals surface area contributed by atoms with Gasteiger partial charge in [-0.3, -0.25) is 10.2 Å². The molecular formula is C20H21F3N6O. The minimum atomic E-state index is -4.31. The lowest BCUT2D eigenvalue weighted by Crippen LogP contribution is -2.49. The SMILES string of the molecule is O=C(Nc1ccccn1)N1c2nc(N3CCCC3C(F)(F)F)ccc2N2CC[C@H]1C2. The third-order valence-corrected chi connectivity index (χ3v) is 5.98. The number of halogens is 3. The fraction of sp³-hybridized carbons (Fsp3) is 0.450. The molecule has 5 heterocycles. The van der Waals surface area contributed by atoms with E-state index < -0.39 is 12.2 Å². The van der Waals surface area contributed by atoms with E-state index in [0.29, 0.717) is 31.1 Å². The van der Waals surface area contributed by atoms with Crippen LogP contribution in [0.5, 0.6) is 0 Å². The predicted octanol–water partition coefficient (Wildman–Crippen LogP) is 3.64. The molecule has 0 aliphatic carbocycles. The quantitative estimate of drug-likeness (QED) is 0.807. The third kappa shape index (κ3) is 3.20. The van der Waals surface area contributed by atoms with Gasteiger partial charge in [-0.15, -0.1) is 0 Å². The molecule has 2 amide bonds. The first kappa shape index (κ1) is 19.0. The Morgan fingerprint density at radius 3 is 2.77 bits per heavy atom. The number of anilines is 4. The van der Waals surface area contributed by atoms with Crippen LogP contribution in [-0.4, -0.2) is 53.9 Å². The fourth-order valence-electron chi connectivity index (χ4n) is 4.61. The van der Waals surface area contributed by atoms with Crippen LogP contribution >= 0.6 is 0 Å². The van der Waals surface area contributed by atoms with Gasteiger partial charge in [0, 0.05) is 25.8 Å². The Labute approximate surface area is 171 Å². The van der Waals surface area contributed by atoms with E-state index in [9.17, 15) is 18.0 Å². The summed E-state index contributed by atoms with van der Waals surface area (Å²) >= 11 is 0. The van der Waals surface area contributed by atoms with E-state index in [2.05, 4.69) is 20.2 Å². The number of hydrogen-bond donors (Lipinski definition) is 1. The van der Waals surface area contributed by atoms with Crippen molar-refractivity contribution in [2.75, 3.05) is 39.7 Å². The first-order valence-corrected chi connectivity index (χ1v) is 10.0. The van der Waals surface area contributed by atoms with E-state index in [-0.39, 0.29) is 24.3 Å². The molecule has 0 aromatic carbocycles. The average Bonchev–Trinajstić information content (AvgIpc) is 3.37. The van der Waals surface area contributed by atoms with Gasteiger partial charge in [0.2, 0.25) is 0 Å². The summed E-state index contributed by atoms with van der Waals surface area (Å²) in [5.74, 6) is 1.08. The second-order valence-electron chi connectivity index (χ2n) is 7.81. The molecule has 3 aliphatic heterocycles. The fourth-order valence-corrected chi connectivity index (χ4v) is 4.61. The van der Waals surface area contributed by atoms with Crippen LogP contribution in [0.1, 0.15) is 19.3 Å². The number of nitrogens with one attached hydrogen (secondary N) is 1. The molecule has 3 aliphatic rings. The van der Waals surface area contributed by atoms with Gasteiger partial charge in [-0.1, -0.05) is 6.07 Å². The smallest absolute Gasteiger partial charge is 0.366 e. The van der Waals surface area contributed by atoms with Gasteiger partial charge in [-0.25, -0.2) is 14.8 Å². The highest BCUT2D eigenvalue weighted by atomic mass is 19.4. The molecule has 0 saturated carbocycles. The van der Waals surface area contributed by atoms with Gasteiger partial charge >= 0.3 is 12.2 Å². The molecule has 30 heavy (non-hydrogen) atoms. The predicted molar refractivity (Wildman–Crippen MR) is 107 cm³/mol. The van der Waals surface area contributed by atoms with Crippen molar-refractivity contribution in [2.24, 2.45) is 0 Å². The molecule has 2 aromatic heterocycles. The minimum absolute atomic E-state index is 0.0564. The number of hydrogen-bond acceptors (Lipinski definition) is 5. The van der Waals surface area contributed by atoms with Gasteiger partial charge in [-0.2, -0.15) is 13.2 Å². The third-order valence-electron chi connectivity index (χ3n) is 5.98. The normalized spacial score (nSPS) is 23.0. The highest BCUT2D eigenvalue weighted by molar-refractivity contribution is 6.04. The molecule has 1 unspecified atom stereocenters. The standard InChI is InChI=1S/C20H21F3N6O/c21-20(22,23)15-4-3-10-28(15)17-7-6-14-18(26-17)29(13-8-11-27(14)12-13)19(30)25-16-5-1-2-9-24-16/h1-2,5-7,9,13,15H,3-4,8,10-12H2,(H,24,25,30)/t13-,15?/m0/s1. The van der Waals surface area contributed by atoms with Crippen molar-refractivity contribution in [3.05, 3.63) is 36.5 Å². The van der Waals surface area contributed by atoms with E-state index in [1.165, 1.54) is 4.90 Å². The van der Waals surface area contributed by atoms with Gasteiger partial charge in [0.25, 0.3) is 0 Å². The van der Waals surface area contributed by atoms with Gasteiger partial charge in [0.05, 0.1) is 11.7 Å². The Kier molecular flexibility index (Phi) is 4.44. The van der Waals surface area contributed by atoms with E-state index >= 15 is 0 Å². The van der Waals surface area contributed by atoms with Crippen LogP contribution in [0.15, 0.2) is 36.5 Å². The summed E-state index contributed by atoms with van der Waals surface area (Å²) in [6.45, 7) is 1.75. The lowest BCUT2D eigenvalue weighted by molar-refractivity contribution is -0.146. The maximum Gasteiger partial charge on any atom is 0.408 e. The second kappa shape index (κ2) is 7.03. The van der Waals surface area contributed by atoms with Crippen molar-refractivity contribution in [2.45, 2.75) is 37.5 Å². The zero-order valence-corrected chi connectivity index (χ0v) is 16.1. The van der Waals surface area contributed by atoms with E-state index in [1.807, 2.05) is 0 Å². The number of amides is 2. The summed E-state index contributed by atoms with van der Waals surface area (Å²) in [5.41, 5.74) is 0.770. The molecule has 2 saturated heterocycles. The van der Waals surface area contributed by atoms with E-state index in [1.54, 1.807) is 41.4 Å². The zero-order chi connectivity index (χ0) is 20.9. The van der Waals surface area contributed by atoms with Crippen molar-refractivity contribution in [3.8, 4) is 0 Å². The molecule has 5 rings (SSSR count). The maximum atomic E-state index is 13.5. The molecule has 7 nitrogen and oxygen atoms in total. The highest BCUT2D eigenvalue weighted by Crippen LogP contribution is 2.42. The molecule has 10 heteroatoms. The number of alkyl halides is 3. The van der Waals surface area contributed by atoms with E-state index in [0.717, 1.165) is 18.7 Å². The van der Waals surface area contributed by atoms with Gasteiger partial charge in [-0.05, 0) is 43.5 Å². The molecule has 2 bridgehead atoms. The van der Waals surface area contributed by atoms with Gasteiger partial charge in [0.15, 0.2) is 5.82 Å². The van der Waals surface area contributed by atoms with Crippen molar-refractivity contribution in [1.82, 2.24) is 9.97 Å². The number of fused-ring (bicyclic) bond motifs is 4. The summed E-state index contributed by atoms with van der Waals surface area (Å²) in [7, 11) is 0.